The second kappa shape index (κ2) is 4.61. The first-order valence-electron chi connectivity index (χ1n) is 6.46. The predicted octanol–water partition coefficient (Wildman–Crippen LogP) is 1.93. The highest BCUT2D eigenvalue weighted by Crippen LogP contribution is 2.33. The van der Waals surface area contributed by atoms with E-state index in [-0.39, 0.29) is 0 Å². The van der Waals surface area contributed by atoms with E-state index in [1.54, 1.807) is 6.07 Å². The number of ether oxygens (including phenoxy) is 1. The van der Waals surface area contributed by atoms with Gasteiger partial charge in [0.1, 0.15) is 0 Å². The minimum Gasteiger partial charge on any atom is -0.478 e. The Labute approximate surface area is 106 Å². The summed E-state index contributed by atoms with van der Waals surface area (Å²) in [4.78, 5) is 13.4. The van der Waals surface area contributed by atoms with Crippen molar-refractivity contribution in [3.8, 4) is 0 Å². The third-order valence-electron chi connectivity index (χ3n) is 3.90. The Bertz CT molecular complexity index is 466. The molecular weight excluding hydrogens is 230 g/mol. The smallest absolute Gasteiger partial charge is 0.335 e. The number of nitrogens with zero attached hydrogens (tertiary/aromatic N) is 1. The quantitative estimate of drug-likeness (QED) is 0.867. The number of hydrogen-bond acceptors (Lipinski definition) is 3. The fourth-order valence-corrected chi connectivity index (χ4v) is 2.91. The van der Waals surface area contributed by atoms with Crippen molar-refractivity contribution in [2.24, 2.45) is 0 Å². The molecule has 1 aromatic rings. The van der Waals surface area contributed by atoms with Crippen molar-refractivity contribution < 1.29 is 14.6 Å². The molecule has 1 fully saturated rings. The Kier molecular flexibility index (Phi) is 2.96. The van der Waals surface area contributed by atoms with Crippen LogP contribution in [0.4, 0.5) is 5.69 Å². The molecule has 1 N–H and O–H groups in total. The molecule has 0 amide bonds. The summed E-state index contributed by atoms with van der Waals surface area (Å²) in [6.07, 6.45) is 3.10. The molecule has 0 aromatic heterocycles. The zero-order valence-corrected chi connectivity index (χ0v) is 10.3. The lowest BCUT2D eigenvalue weighted by atomic mass is 10.1. The number of benzene rings is 1. The van der Waals surface area contributed by atoms with E-state index in [4.69, 9.17) is 9.84 Å². The average molecular weight is 247 g/mol. The summed E-state index contributed by atoms with van der Waals surface area (Å²) in [6, 6.07) is 5.98. The van der Waals surface area contributed by atoms with Gasteiger partial charge in [-0.05, 0) is 37.0 Å². The lowest BCUT2D eigenvalue weighted by Gasteiger charge is -2.33. The molecule has 1 aromatic carbocycles. The number of fused-ring (bicyclic) bond motifs is 1. The van der Waals surface area contributed by atoms with Gasteiger partial charge in [0.25, 0.3) is 0 Å². The molecule has 0 saturated carbocycles. The number of rotatable bonds is 2. The van der Waals surface area contributed by atoms with Gasteiger partial charge in [0.15, 0.2) is 0 Å². The Balaban J connectivity index is 1.89. The van der Waals surface area contributed by atoms with Gasteiger partial charge in [0.05, 0.1) is 5.56 Å². The van der Waals surface area contributed by atoms with Crippen LogP contribution >= 0.6 is 0 Å². The van der Waals surface area contributed by atoms with E-state index in [0.717, 1.165) is 44.7 Å². The van der Waals surface area contributed by atoms with Crippen LogP contribution in [0.25, 0.3) is 0 Å². The third-order valence-corrected chi connectivity index (χ3v) is 3.90. The second-order valence-electron chi connectivity index (χ2n) is 4.94. The van der Waals surface area contributed by atoms with E-state index in [9.17, 15) is 4.79 Å². The first-order chi connectivity index (χ1) is 8.75. The van der Waals surface area contributed by atoms with Gasteiger partial charge < -0.3 is 14.7 Å². The average Bonchev–Trinajstić information content (AvgIpc) is 2.82. The summed E-state index contributed by atoms with van der Waals surface area (Å²) >= 11 is 0. The molecule has 96 valence electrons. The normalized spacial score (nSPS) is 19.9. The first-order valence-corrected chi connectivity index (χ1v) is 6.46. The highest BCUT2D eigenvalue weighted by atomic mass is 16.5. The van der Waals surface area contributed by atoms with Crippen LogP contribution in [0.15, 0.2) is 18.2 Å². The van der Waals surface area contributed by atoms with Crippen molar-refractivity contribution in [1.82, 2.24) is 0 Å². The molecule has 2 heterocycles. The summed E-state index contributed by atoms with van der Waals surface area (Å²) in [7, 11) is 0. The van der Waals surface area contributed by atoms with Crippen molar-refractivity contribution in [2.75, 3.05) is 24.7 Å². The Morgan fingerprint density at radius 3 is 2.83 bits per heavy atom. The van der Waals surface area contributed by atoms with Crippen LogP contribution in [0, 0.1) is 0 Å². The summed E-state index contributed by atoms with van der Waals surface area (Å²) in [5, 5.41) is 9.07. The fraction of sp³-hybridized carbons (Fsp3) is 0.500. The number of hydrogen-bond donors (Lipinski definition) is 1. The van der Waals surface area contributed by atoms with Crippen LogP contribution in [0.3, 0.4) is 0 Å². The van der Waals surface area contributed by atoms with Crippen molar-refractivity contribution in [3.63, 3.8) is 0 Å². The predicted molar refractivity (Wildman–Crippen MR) is 68.3 cm³/mol. The highest BCUT2D eigenvalue weighted by Gasteiger charge is 2.28. The molecule has 3 rings (SSSR count). The number of anilines is 1. The number of aromatic carboxylic acids is 1. The zero-order chi connectivity index (χ0) is 12.5. The maximum absolute atomic E-state index is 11.0. The fourth-order valence-electron chi connectivity index (χ4n) is 2.91. The van der Waals surface area contributed by atoms with E-state index in [0.29, 0.717) is 11.6 Å². The van der Waals surface area contributed by atoms with Crippen molar-refractivity contribution in [3.05, 3.63) is 29.3 Å². The molecule has 2 aliphatic heterocycles. The van der Waals surface area contributed by atoms with Gasteiger partial charge >= 0.3 is 5.97 Å². The first kappa shape index (κ1) is 11.5. The zero-order valence-electron chi connectivity index (χ0n) is 10.3. The van der Waals surface area contributed by atoms with Gasteiger partial charge in [0.2, 0.25) is 0 Å². The lowest BCUT2D eigenvalue weighted by Crippen LogP contribution is -2.38. The van der Waals surface area contributed by atoms with Gasteiger partial charge in [-0.2, -0.15) is 0 Å². The van der Waals surface area contributed by atoms with Crippen LogP contribution in [-0.2, 0) is 11.2 Å². The topological polar surface area (TPSA) is 49.8 Å². The maximum Gasteiger partial charge on any atom is 0.335 e. The standard InChI is InChI=1S/C14H17NO3/c16-14(17)11-2-1-10-3-6-15(13(10)9-11)12-4-7-18-8-5-12/h1-2,9,12H,3-8H2,(H,16,17). The number of carboxylic acid groups (broad SMARTS) is 1. The second-order valence-corrected chi connectivity index (χ2v) is 4.94. The lowest BCUT2D eigenvalue weighted by molar-refractivity contribution is 0.0696. The summed E-state index contributed by atoms with van der Waals surface area (Å²) in [5.41, 5.74) is 2.76. The van der Waals surface area contributed by atoms with Crippen LogP contribution < -0.4 is 4.90 Å². The highest BCUT2D eigenvalue weighted by molar-refractivity contribution is 5.89. The van der Waals surface area contributed by atoms with E-state index >= 15 is 0 Å². The van der Waals surface area contributed by atoms with E-state index in [2.05, 4.69) is 4.90 Å². The van der Waals surface area contributed by atoms with Crippen LogP contribution in [0.1, 0.15) is 28.8 Å². The molecule has 0 aliphatic carbocycles. The molecule has 1 saturated heterocycles. The Morgan fingerprint density at radius 1 is 1.33 bits per heavy atom. The van der Waals surface area contributed by atoms with Crippen molar-refractivity contribution in [2.45, 2.75) is 25.3 Å². The molecule has 0 spiro atoms. The molecule has 4 heteroatoms. The van der Waals surface area contributed by atoms with Gasteiger partial charge in [-0.25, -0.2) is 4.79 Å². The van der Waals surface area contributed by atoms with Crippen LogP contribution in [0.5, 0.6) is 0 Å². The monoisotopic (exact) mass is 247 g/mol. The molecule has 4 nitrogen and oxygen atoms in total. The Hall–Kier alpha value is -1.55. The van der Waals surface area contributed by atoms with Crippen LogP contribution in [-0.4, -0.2) is 36.9 Å². The summed E-state index contributed by atoms with van der Waals surface area (Å²) in [5.74, 6) is -0.850. The molecule has 0 radical (unpaired) electrons. The van der Waals surface area contributed by atoms with E-state index in [1.807, 2.05) is 12.1 Å². The van der Waals surface area contributed by atoms with Gasteiger partial charge in [-0.15, -0.1) is 0 Å². The third kappa shape index (κ3) is 1.97. The number of carbonyl (C=O) groups is 1. The van der Waals surface area contributed by atoms with Gasteiger partial charge in [-0.3, -0.25) is 0 Å². The minimum atomic E-state index is -0.850. The molecule has 0 atom stereocenters. The molecule has 0 unspecified atom stereocenters. The number of carboxylic acids is 1. The Morgan fingerprint density at radius 2 is 2.11 bits per heavy atom. The van der Waals surface area contributed by atoms with Crippen LogP contribution in [0.2, 0.25) is 0 Å². The van der Waals surface area contributed by atoms with Gasteiger partial charge in [0, 0.05) is 31.5 Å². The molecule has 0 bridgehead atoms. The van der Waals surface area contributed by atoms with Crippen molar-refractivity contribution in [1.29, 1.82) is 0 Å². The van der Waals surface area contributed by atoms with E-state index in [1.165, 1.54) is 5.56 Å². The summed E-state index contributed by atoms with van der Waals surface area (Å²) in [6.45, 7) is 2.63. The minimum absolute atomic E-state index is 0.382. The molecular formula is C14H17NO3. The summed E-state index contributed by atoms with van der Waals surface area (Å²) < 4.78 is 5.39. The molecule has 2 aliphatic rings. The SMILES string of the molecule is O=C(O)c1ccc2c(c1)N(C1CCOCC1)CC2. The largest absolute Gasteiger partial charge is 0.478 e. The van der Waals surface area contributed by atoms with Crippen molar-refractivity contribution >= 4 is 11.7 Å². The molecule has 18 heavy (non-hydrogen) atoms. The maximum atomic E-state index is 11.0. The van der Waals surface area contributed by atoms with E-state index < -0.39 is 5.97 Å². The van der Waals surface area contributed by atoms with Gasteiger partial charge in [-0.1, -0.05) is 6.07 Å².